The minimum atomic E-state index is -1.47. The van der Waals surface area contributed by atoms with Crippen molar-refractivity contribution in [1.82, 2.24) is 14.3 Å². The molecule has 2 heterocycles. The molecule has 0 atom stereocenters. The predicted molar refractivity (Wildman–Crippen MR) is 130 cm³/mol. The normalized spacial score (nSPS) is 11.7. The van der Waals surface area contributed by atoms with Crippen molar-refractivity contribution in [2.24, 2.45) is 0 Å². The van der Waals surface area contributed by atoms with Gasteiger partial charge in [0, 0.05) is 28.6 Å². The van der Waals surface area contributed by atoms with Gasteiger partial charge in [-0.05, 0) is 38.5 Å². The highest BCUT2D eigenvalue weighted by molar-refractivity contribution is 7.99. The van der Waals surface area contributed by atoms with Gasteiger partial charge in [0.05, 0.1) is 32.7 Å². The van der Waals surface area contributed by atoms with Gasteiger partial charge in [-0.15, -0.1) is 0 Å². The number of carboxylic acids is 1. The first-order valence-electron chi connectivity index (χ1n) is 10.8. The molecule has 0 aliphatic heterocycles. The van der Waals surface area contributed by atoms with Crippen LogP contribution in [0.15, 0.2) is 52.5 Å². The Morgan fingerprint density at radius 1 is 1.26 bits per heavy atom. The van der Waals surface area contributed by atoms with E-state index in [0.29, 0.717) is 22.5 Å². The fraction of sp³-hybridized carbons (Fsp3) is 0.240. The number of hydrogen-bond acceptors (Lipinski definition) is 4. The summed E-state index contributed by atoms with van der Waals surface area (Å²) in [6.45, 7) is 5.47. The molecule has 35 heavy (non-hydrogen) atoms. The lowest BCUT2D eigenvalue weighted by molar-refractivity contribution is -0.142. The van der Waals surface area contributed by atoms with Crippen LogP contribution >= 0.6 is 23.4 Å². The smallest absolute Gasteiger partial charge is 0.313 e. The fourth-order valence-electron chi connectivity index (χ4n) is 3.86. The zero-order valence-electron chi connectivity index (χ0n) is 19.1. The number of fused-ring (bicyclic) bond motifs is 1. The SMILES string of the molecule is CCCn1cc(-n2c(C#N)c(Sc3cccc(C(C)(C)C(=O)O)c3F)c3ccc(Cl)c(F)c32)cn1. The Morgan fingerprint density at radius 2 is 2.00 bits per heavy atom. The van der Waals surface area contributed by atoms with Crippen LogP contribution in [0.4, 0.5) is 8.78 Å². The number of carbonyl (C=O) groups is 1. The summed E-state index contributed by atoms with van der Waals surface area (Å²) >= 11 is 7.01. The number of halogens is 3. The molecule has 0 saturated carbocycles. The van der Waals surface area contributed by atoms with Gasteiger partial charge >= 0.3 is 5.97 Å². The summed E-state index contributed by atoms with van der Waals surface area (Å²) in [5.74, 6) is -2.59. The molecule has 2 aromatic carbocycles. The number of nitrogens with zero attached hydrogens (tertiary/aromatic N) is 4. The lowest BCUT2D eigenvalue weighted by Gasteiger charge is -2.21. The minimum absolute atomic E-state index is 0.00677. The van der Waals surface area contributed by atoms with E-state index in [1.165, 1.54) is 42.8 Å². The van der Waals surface area contributed by atoms with Crippen molar-refractivity contribution < 1.29 is 18.7 Å². The molecule has 0 fully saturated rings. The van der Waals surface area contributed by atoms with Crippen molar-refractivity contribution in [1.29, 1.82) is 5.26 Å². The third kappa shape index (κ3) is 4.17. The monoisotopic (exact) mass is 514 g/mol. The molecule has 6 nitrogen and oxygen atoms in total. The van der Waals surface area contributed by atoms with Crippen molar-refractivity contribution in [2.75, 3.05) is 0 Å². The second-order valence-corrected chi connectivity index (χ2v) is 9.95. The predicted octanol–water partition coefficient (Wildman–Crippen LogP) is 6.55. The van der Waals surface area contributed by atoms with E-state index in [1.807, 2.05) is 6.92 Å². The topological polar surface area (TPSA) is 83.8 Å². The summed E-state index contributed by atoms with van der Waals surface area (Å²) in [4.78, 5) is 12.2. The van der Waals surface area contributed by atoms with Gasteiger partial charge in [-0.3, -0.25) is 14.0 Å². The molecule has 0 unspecified atom stereocenters. The third-order valence-electron chi connectivity index (χ3n) is 5.80. The van der Waals surface area contributed by atoms with E-state index in [-0.39, 0.29) is 26.7 Å². The van der Waals surface area contributed by atoms with E-state index in [4.69, 9.17) is 11.6 Å². The number of nitriles is 1. The van der Waals surface area contributed by atoms with Gasteiger partial charge < -0.3 is 5.11 Å². The first-order chi connectivity index (χ1) is 16.6. The van der Waals surface area contributed by atoms with Gasteiger partial charge in [0.25, 0.3) is 0 Å². The van der Waals surface area contributed by atoms with Crippen LogP contribution in [-0.2, 0) is 16.8 Å². The molecule has 4 rings (SSSR count). The Bertz CT molecular complexity index is 1500. The van der Waals surface area contributed by atoms with Gasteiger partial charge in [-0.1, -0.05) is 42.4 Å². The van der Waals surface area contributed by atoms with Gasteiger partial charge in [-0.25, -0.2) is 8.78 Å². The van der Waals surface area contributed by atoms with Crippen molar-refractivity contribution in [3.05, 3.63) is 70.6 Å². The highest BCUT2D eigenvalue weighted by Gasteiger charge is 2.33. The molecule has 1 N–H and O–H groups in total. The van der Waals surface area contributed by atoms with E-state index in [1.54, 1.807) is 23.0 Å². The molecule has 0 spiro atoms. The Kier molecular flexibility index (Phi) is 6.62. The summed E-state index contributed by atoms with van der Waals surface area (Å²) < 4.78 is 34.0. The first-order valence-corrected chi connectivity index (χ1v) is 12.0. The first kappa shape index (κ1) is 24.8. The largest absolute Gasteiger partial charge is 0.481 e. The van der Waals surface area contributed by atoms with Crippen LogP contribution < -0.4 is 0 Å². The van der Waals surface area contributed by atoms with E-state index in [0.717, 1.165) is 18.2 Å². The van der Waals surface area contributed by atoms with Gasteiger partial charge in [0.1, 0.15) is 17.6 Å². The molecule has 0 radical (unpaired) electrons. The molecule has 0 aliphatic carbocycles. The maximum absolute atomic E-state index is 15.5. The minimum Gasteiger partial charge on any atom is -0.481 e. The molecule has 0 saturated heterocycles. The fourth-order valence-corrected chi connectivity index (χ4v) is 5.09. The molecule has 180 valence electrons. The van der Waals surface area contributed by atoms with E-state index in [9.17, 15) is 15.2 Å². The zero-order valence-corrected chi connectivity index (χ0v) is 20.7. The van der Waals surface area contributed by atoms with E-state index < -0.39 is 23.0 Å². The summed E-state index contributed by atoms with van der Waals surface area (Å²) in [6, 6.07) is 9.57. The standard InChI is InChI=1S/C25H21ClF2N4O2S/c1-4-10-31-13-14(12-30-31)32-18(11-29)23(15-8-9-17(26)21(28)22(15)32)35-19-7-5-6-16(20(19)27)25(2,3)24(33)34/h5-9,12-13H,4,10H2,1-3H3,(H,33,34). The van der Waals surface area contributed by atoms with Crippen LogP contribution in [0.2, 0.25) is 5.02 Å². The molecule has 0 aliphatic rings. The van der Waals surface area contributed by atoms with Crippen molar-refractivity contribution in [3.63, 3.8) is 0 Å². The molecular weight excluding hydrogens is 494 g/mol. The number of carboxylic acid groups (broad SMARTS) is 1. The number of rotatable bonds is 7. The van der Waals surface area contributed by atoms with Gasteiger partial charge in [0.2, 0.25) is 0 Å². The van der Waals surface area contributed by atoms with E-state index >= 15 is 8.78 Å². The maximum Gasteiger partial charge on any atom is 0.313 e. The van der Waals surface area contributed by atoms with Crippen LogP contribution in [0.3, 0.4) is 0 Å². The van der Waals surface area contributed by atoms with Crippen molar-refractivity contribution in [2.45, 2.75) is 48.9 Å². The van der Waals surface area contributed by atoms with Gasteiger partial charge in [0.15, 0.2) is 5.82 Å². The lowest BCUT2D eigenvalue weighted by Crippen LogP contribution is -2.29. The summed E-state index contributed by atoms with van der Waals surface area (Å²) in [6.07, 6.45) is 4.07. The Balaban J connectivity index is 1.96. The van der Waals surface area contributed by atoms with Crippen molar-refractivity contribution >= 4 is 40.2 Å². The van der Waals surface area contributed by atoms with Gasteiger partial charge in [-0.2, -0.15) is 10.4 Å². The summed E-state index contributed by atoms with van der Waals surface area (Å²) in [5.41, 5.74) is -0.832. The van der Waals surface area contributed by atoms with Crippen LogP contribution in [-0.4, -0.2) is 25.4 Å². The molecular formula is C25H21ClF2N4O2S. The van der Waals surface area contributed by atoms with Crippen LogP contribution in [0.1, 0.15) is 38.4 Å². The Hall–Kier alpha value is -3.35. The van der Waals surface area contributed by atoms with Crippen LogP contribution in [0.25, 0.3) is 16.6 Å². The van der Waals surface area contributed by atoms with Crippen LogP contribution in [0.5, 0.6) is 0 Å². The number of aromatic nitrogens is 3. The maximum atomic E-state index is 15.5. The Morgan fingerprint density at radius 3 is 2.66 bits per heavy atom. The summed E-state index contributed by atoms with van der Waals surface area (Å²) in [7, 11) is 0. The van der Waals surface area contributed by atoms with Crippen molar-refractivity contribution in [3.8, 4) is 11.8 Å². The van der Waals surface area contributed by atoms with Crippen LogP contribution in [0, 0.1) is 23.0 Å². The van der Waals surface area contributed by atoms with E-state index in [2.05, 4.69) is 11.2 Å². The molecule has 0 bridgehead atoms. The molecule has 10 heteroatoms. The molecule has 0 amide bonds. The third-order valence-corrected chi connectivity index (χ3v) is 7.24. The number of benzene rings is 2. The number of hydrogen-bond donors (Lipinski definition) is 1. The molecule has 4 aromatic rings. The molecule has 2 aromatic heterocycles. The highest BCUT2D eigenvalue weighted by Crippen LogP contribution is 2.43. The zero-order chi connectivity index (χ0) is 25.5. The second kappa shape index (κ2) is 9.36. The highest BCUT2D eigenvalue weighted by atomic mass is 35.5. The number of aryl methyl sites for hydroxylation is 1. The lowest BCUT2D eigenvalue weighted by atomic mass is 9.84. The Labute approximate surface area is 209 Å². The number of aliphatic carboxylic acids is 1. The average molecular weight is 515 g/mol. The quantitative estimate of drug-likeness (QED) is 0.302. The average Bonchev–Trinajstić information content (AvgIpc) is 3.40. The second-order valence-electron chi connectivity index (χ2n) is 8.49. The summed E-state index contributed by atoms with van der Waals surface area (Å²) in [5, 5.41) is 24.2.